The fourth-order valence-corrected chi connectivity index (χ4v) is 3.50. The first-order chi connectivity index (χ1) is 14.6. The molecule has 0 atom stereocenters. The Morgan fingerprint density at radius 1 is 1.13 bits per heavy atom. The number of hydrogen-bond donors (Lipinski definition) is 2. The number of benzene rings is 2. The van der Waals surface area contributed by atoms with Crippen molar-refractivity contribution in [2.45, 2.75) is 26.2 Å². The molecule has 0 saturated carbocycles. The Labute approximate surface area is 177 Å². The molecule has 0 aliphatic carbocycles. The molecule has 30 heavy (non-hydrogen) atoms. The highest BCUT2D eigenvalue weighted by Crippen LogP contribution is 2.23. The summed E-state index contributed by atoms with van der Waals surface area (Å²) in [4.78, 5) is 27.1. The molecular weight excluding hydrogens is 378 g/mol. The number of rotatable bonds is 7. The lowest BCUT2D eigenvalue weighted by atomic mass is 10.1. The van der Waals surface area contributed by atoms with Gasteiger partial charge in [0.25, 0.3) is 5.91 Å². The summed E-state index contributed by atoms with van der Waals surface area (Å²) in [5, 5.41) is 5.69. The number of ether oxygens (including phenoxy) is 1. The van der Waals surface area contributed by atoms with Crippen molar-refractivity contribution < 1.29 is 14.3 Å². The highest BCUT2D eigenvalue weighted by Gasteiger charge is 2.24. The van der Waals surface area contributed by atoms with Gasteiger partial charge >= 0.3 is 6.03 Å². The average molecular weight is 405 g/mol. The average Bonchev–Trinajstić information content (AvgIpc) is 3.28. The SMILES string of the molecule is C#CCOc1ccc(CCNC(=O)Nc2cccc(C)c2C(=O)N2CCCC2)cc1. The predicted molar refractivity (Wildman–Crippen MR) is 118 cm³/mol. The summed E-state index contributed by atoms with van der Waals surface area (Å²) < 4.78 is 5.35. The molecule has 2 aromatic carbocycles. The van der Waals surface area contributed by atoms with E-state index in [0.29, 0.717) is 24.2 Å². The molecule has 3 amide bonds. The van der Waals surface area contributed by atoms with Gasteiger partial charge < -0.3 is 20.3 Å². The predicted octanol–water partition coefficient (Wildman–Crippen LogP) is 3.61. The summed E-state index contributed by atoms with van der Waals surface area (Å²) >= 11 is 0. The van der Waals surface area contributed by atoms with Crippen LogP contribution in [0.3, 0.4) is 0 Å². The standard InChI is InChI=1S/C24H27N3O3/c1-3-17-30-20-11-9-19(10-12-20)13-14-25-24(29)26-21-8-6-7-18(2)22(21)23(28)27-15-4-5-16-27/h1,6-12H,4-5,13-17H2,2H3,(H2,25,26,29). The van der Waals surface area contributed by atoms with Crippen molar-refractivity contribution in [3.05, 3.63) is 59.2 Å². The molecule has 0 unspecified atom stereocenters. The Balaban J connectivity index is 1.54. The van der Waals surface area contributed by atoms with Crippen LogP contribution in [0.5, 0.6) is 5.75 Å². The molecule has 6 nitrogen and oxygen atoms in total. The summed E-state index contributed by atoms with van der Waals surface area (Å²) in [6.45, 7) is 4.14. The summed E-state index contributed by atoms with van der Waals surface area (Å²) in [5.74, 6) is 3.13. The van der Waals surface area contributed by atoms with Crippen LogP contribution in [0.2, 0.25) is 0 Å². The molecule has 156 valence electrons. The van der Waals surface area contributed by atoms with Crippen LogP contribution < -0.4 is 15.4 Å². The van der Waals surface area contributed by atoms with Gasteiger partial charge in [-0.1, -0.05) is 30.2 Å². The summed E-state index contributed by atoms with van der Waals surface area (Å²) in [6.07, 6.45) is 7.91. The van der Waals surface area contributed by atoms with Crippen LogP contribution in [0.25, 0.3) is 0 Å². The highest BCUT2D eigenvalue weighted by molar-refractivity contribution is 6.04. The highest BCUT2D eigenvalue weighted by atomic mass is 16.5. The number of terminal acetylenes is 1. The van der Waals surface area contributed by atoms with E-state index in [9.17, 15) is 9.59 Å². The van der Waals surface area contributed by atoms with Crippen LogP contribution >= 0.6 is 0 Å². The van der Waals surface area contributed by atoms with Crippen LogP contribution in [0.1, 0.15) is 34.3 Å². The van der Waals surface area contributed by atoms with E-state index in [2.05, 4.69) is 16.6 Å². The normalized spacial score (nSPS) is 12.9. The Hall–Kier alpha value is -3.46. The van der Waals surface area contributed by atoms with Gasteiger partial charge in [0.15, 0.2) is 0 Å². The molecule has 1 fully saturated rings. The van der Waals surface area contributed by atoms with Gasteiger partial charge in [-0.3, -0.25) is 4.79 Å². The summed E-state index contributed by atoms with van der Waals surface area (Å²) in [7, 11) is 0. The van der Waals surface area contributed by atoms with Crippen molar-refractivity contribution in [1.29, 1.82) is 0 Å². The van der Waals surface area contributed by atoms with E-state index >= 15 is 0 Å². The third-order valence-corrected chi connectivity index (χ3v) is 5.07. The lowest BCUT2D eigenvalue weighted by molar-refractivity contribution is 0.0793. The third-order valence-electron chi connectivity index (χ3n) is 5.07. The molecule has 3 rings (SSSR count). The van der Waals surface area contributed by atoms with E-state index < -0.39 is 0 Å². The smallest absolute Gasteiger partial charge is 0.319 e. The van der Waals surface area contributed by atoms with E-state index in [1.807, 2.05) is 48.2 Å². The number of carbonyl (C=O) groups is 2. The van der Waals surface area contributed by atoms with E-state index in [0.717, 1.165) is 42.8 Å². The molecule has 1 aliphatic rings. The first-order valence-electron chi connectivity index (χ1n) is 10.2. The van der Waals surface area contributed by atoms with Crippen LogP contribution in [-0.4, -0.2) is 43.1 Å². The fraction of sp³-hybridized carbons (Fsp3) is 0.333. The molecule has 2 aromatic rings. The molecular formula is C24H27N3O3. The Morgan fingerprint density at radius 2 is 1.87 bits per heavy atom. The number of nitrogens with one attached hydrogen (secondary N) is 2. The molecule has 0 spiro atoms. The lowest BCUT2D eigenvalue weighted by Crippen LogP contribution is -2.33. The largest absolute Gasteiger partial charge is 0.481 e. The van der Waals surface area contributed by atoms with Crippen molar-refractivity contribution in [1.82, 2.24) is 10.2 Å². The maximum Gasteiger partial charge on any atom is 0.319 e. The lowest BCUT2D eigenvalue weighted by Gasteiger charge is -2.20. The number of likely N-dealkylation sites (tertiary alicyclic amines) is 1. The van der Waals surface area contributed by atoms with Gasteiger partial charge in [-0.2, -0.15) is 0 Å². The number of amides is 3. The van der Waals surface area contributed by atoms with E-state index in [4.69, 9.17) is 11.2 Å². The minimum absolute atomic E-state index is 0.0203. The van der Waals surface area contributed by atoms with Gasteiger partial charge in [0.2, 0.25) is 0 Å². The van der Waals surface area contributed by atoms with Gasteiger partial charge in [-0.15, -0.1) is 6.42 Å². The Bertz CT molecular complexity index is 926. The van der Waals surface area contributed by atoms with Crippen molar-refractivity contribution in [2.24, 2.45) is 0 Å². The number of anilines is 1. The number of hydrogen-bond acceptors (Lipinski definition) is 3. The second kappa shape index (κ2) is 10.4. The maximum absolute atomic E-state index is 12.9. The maximum atomic E-state index is 12.9. The number of aryl methyl sites for hydroxylation is 1. The van der Waals surface area contributed by atoms with Crippen molar-refractivity contribution in [3.63, 3.8) is 0 Å². The van der Waals surface area contributed by atoms with Gasteiger partial charge in [-0.25, -0.2) is 4.79 Å². The minimum atomic E-state index is -0.329. The van der Waals surface area contributed by atoms with Crippen molar-refractivity contribution in [3.8, 4) is 18.1 Å². The molecule has 1 aliphatic heterocycles. The van der Waals surface area contributed by atoms with Crippen LogP contribution in [0.4, 0.5) is 10.5 Å². The van der Waals surface area contributed by atoms with E-state index in [-0.39, 0.29) is 18.5 Å². The van der Waals surface area contributed by atoms with Gasteiger partial charge in [-0.05, 0) is 55.5 Å². The second-order valence-corrected chi connectivity index (χ2v) is 7.26. The number of nitrogens with zero attached hydrogens (tertiary/aromatic N) is 1. The first-order valence-corrected chi connectivity index (χ1v) is 10.2. The molecule has 2 N–H and O–H groups in total. The molecule has 1 saturated heterocycles. The van der Waals surface area contributed by atoms with Gasteiger partial charge in [0.1, 0.15) is 12.4 Å². The summed E-state index contributed by atoms with van der Waals surface area (Å²) in [6, 6.07) is 12.8. The zero-order valence-electron chi connectivity index (χ0n) is 17.2. The molecule has 0 aromatic heterocycles. The monoisotopic (exact) mass is 405 g/mol. The number of carbonyl (C=O) groups excluding carboxylic acids is 2. The topological polar surface area (TPSA) is 70.7 Å². The Morgan fingerprint density at radius 3 is 2.57 bits per heavy atom. The van der Waals surface area contributed by atoms with Crippen molar-refractivity contribution in [2.75, 3.05) is 31.6 Å². The second-order valence-electron chi connectivity index (χ2n) is 7.26. The molecule has 0 bridgehead atoms. The van der Waals surface area contributed by atoms with Crippen molar-refractivity contribution >= 4 is 17.6 Å². The molecule has 6 heteroatoms. The van der Waals surface area contributed by atoms with Crippen LogP contribution in [-0.2, 0) is 6.42 Å². The fourth-order valence-electron chi connectivity index (χ4n) is 3.50. The quantitative estimate of drug-likeness (QED) is 0.692. The van der Waals surface area contributed by atoms with Gasteiger partial charge in [0.05, 0.1) is 11.3 Å². The van der Waals surface area contributed by atoms with E-state index in [1.165, 1.54) is 0 Å². The number of urea groups is 1. The zero-order chi connectivity index (χ0) is 21.3. The summed E-state index contributed by atoms with van der Waals surface area (Å²) in [5.41, 5.74) is 3.04. The third kappa shape index (κ3) is 5.54. The molecule has 0 radical (unpaired) electrons. The Kier molecular flexibility index (Phi) is 7.34. The van der Waals surface area contributed by atoms with Crippen LogP contribution in [0, 0.1) is 19.3 Å². The minimum Gasteiger partial charge on any atom is -0.481 e. The first kappa shape index (κ1) is 21.3. The molecule has 1 heterocycles. The van der Waals surface area contributed by atoms with Gasteiger partial charge in [0, 0.05) is 19.6 Å². The zero-order valence-corrected chi connectivity index (χ0v) is 17.2. The van der Waals surface area contributed by atoms with E-state index in [1.54, 1.807) is 6.07 Å². The van der Waals surface area contributed by atoms with Crippen LogP contribution in [0.15, 0.2) is 42.5 Å².